The van der Waals surface area contributed by atoms with E-state index in [9.17, 15) is 4.79 Å². The molecule has 3 heterocycles. The highest BCUT2D eigenvalue weighted by atomic mass is 16.7. The van der Waals surface area contributed by atoms with Crippen LogP contribution in [0.15, 0.2) is 22.7 Å². The molecule has 0 radical (unpaired) electrons. The maximum Gasteiger partial charge on any atom is 0.292 e. The average molecular weight is 356 g/mol. The first kappa shape index (κ1) is 15.6. The van der Waals surface area contributed by atoms with E-state index in [1.165, 1.54) is 0 Å². The Morgan fingerprint density at radius 1 is 1.27 bits per heavy atom. The van der Waals surface area contributed by atoms with Crippen molar-refractivity contribution in [3.8, 4) is 11.5 Å². The van der Waals surface area contributed by atoms with Gasteiger partial charge in [-0.2, -0.15) is 4.98 Å². The molecule has 0 spiro atoms. The van der Waals surface area contributed by atoms with Crippen LogP contribution in [-0.2, 0) is 6.54 Å². The van der Waals surface area contributed by atoms with Gasteiger partial charge in [0.25, 0.3) is 11.7 Å². The summed E-state index contributed by atoms with van der Waals surface area (Å²) < 4.78 is 16.5. The first-order chi connectivity index (χ1) is 12.8. The number of aromatic nitrogens is 2. The largest absolute Gasteiger partial charge is 0.454 e. The third-order valence-electron chi connectivity index (χ3n) is 5.06. The number of carbonyl (C=O) groups excluding carboxylic acids is 1. The smallest absolute Gasteiger partial charge is 0.292 e. The van der Waals surface area contributed by atoms with Crippen LogP contribution in [0.25, 0.3) is 0 Å². The van der Waals surface area contributed by atoms with Gasteiger partial charge in [-0.3, -0.25) is 9.69 Å². The van der Waals surface area contributed by atoms with Crippen molar-refractivity contribution < 1.29 is 18.8 Å². The van der Waals surface area contributed by atoms with E-state index in [-0.39, 0.29) is 30.6 Å². The van der Waals surface area contributed by atoms with E-state index in [4.69, 9.17) is 14.0 Å². The molecule has 5 rings (SSSR count). The zero-order valence-corrected chi connectivity index (χ0v) is 14.3. The van der Waals surface area contributed by atoms with E-state index < -0.39 is 0 Å². The monoisotopic (exact) mass is 356 g/mol. The maximum absolute atomic E-state index is 12.1. The number of nitrogens with one attached hydrogen (secondary N) is 1. The Labute approximate surface area is 150 Å². The summed E-state index contributed by atoms with van der Waals surface area (Å²) >= 11 is 0. The van der Waals surface area contributed by atoms with Crippen LogP contribution in [0.1, 0.15) is 53.8 Å². The Bertz CT molecular complexity index is 832. The van der Waals surface area contributed by atoms with Crippen LogP contribution in [0.4, 0.5) is 0 Å². The van der Waals surface area contributed by atoms with Crippen molar-refractivity contribution in [1.82, 2.24) is 20.4 Å². The standard InChI is InChI=1S/C18H20N4O4/c23-17(19-12-6-7-12)16-20-18(26-21-16)13-4-2-8-22(13)9-11-3-1-5-14-15(11)25-10-24-14/h1,3,5,12-13H,2,4,6-10H2,(H,19,23). The SMILES string of the molecule is O=C(NC1CC1)c1noc(C2CCCN2Cc2cccc3c2OCO3)n1. The van der Waals surface area contributed by atoms with Crippen molar-refractivity contribution in [3.63, 3.8) is 0 Å². The lowest BCUT2D eigenvalue weighted by molar-refractivity contribution is 0.0937. The molecule has 1 N–H and O–H groups in total. The lowest BCUT2D eigenvalue weighted by Crippen LogP contribution is -2.27. The van der Waals surface area contributed by atoms with Gasteiger partial charge in [-0.25, -0.2) is 0 Å². The average Bonchev–Trinajstić information content (AvgIpc) is 3.09. The highest BCUT2D eigenvalue weighted by Gasteiger charge is 2.33. The number of likely N-dealkylation sites (tertiary alicyclic amines) is 1. The molecule has 2 aliphatic heterocycles. The van der Waals surface area contributed by atoms with Crippen molar-refractivity contribution in [3.05, 3.63) is 35.5 Å². The quantitative estimate of drug-likeness (QED) is 0.876. The second-order valence-electron chi connectivity index (χ2n) is 6.98. The van der Waals surface area contributed by atoms with Gasteiger partial charge in [0, 0.05) is 18.2 Å². The summed E-state index contributed by atoms with van der Waals surface area (Å²) in [5.74, 6) is 1.98. The van der Waals surface area contributed by atoms with Crippen LogP contribution in [-0.4, -0.2) is 40.3 Å². The normalized spacial score (nSPS) is 21.9. The number of ether oxygens (including phenoxy) is 2. The molecule has 0 bridgehead atoms. The fourth-order valence-corrected chi connectivity index (χ4v) is 3.57. The van der Waals surface area contributed by atoms with E-state index in [0.717, 1.165) is 49.3 Å². The van der Waals surface area contributed by atoms with Crippen molar-refractivity contribution in [2.45, 2.75) is 44.3 Å². The van der Waals surface area contributed by atoms with E-state index >= 15 is 0 Å². The molecular formula is C18H20N4O4. The summed E-state index contributed by atoms with van der Waals surface area (Å²) in [7, 11) is 0. The molecule has 1 aromatic heterocycles. The third-order valence-corrected chi connectivity index (χ3v) is 5.06. The number of para-hydroxylation sites is 1. The number of carbonyl (C=O) groups is 1. The molecule has 1 aromatic carbocycles. The molecule has 8 heteroatoms. The molecule has 2 aromatic rings. The van der Waals surface area contributed by atoms with Crippen LogP contribution in [0.5, 0.6) is 11.5 Å². The van der Waals surface area contributed by atoms with Gasteiger partial charge in [0.2, 0.25) is 12.7 Å². The van der Waals surface area contributed by atoms with Gasteiger partial charge in [0.1, 0.15) is 0 Å². The van der Waals surface area contributed by atoms with E-state index in [1.54, 1.807) is 0 Å². The molecule has 1 saturated heterocycles. The van der Waals surface area contributed by atoms with Gasteiger partial charge in [0.15, 0.2) is 11.5 Å². The molecule has 3 aliphatic rings. The minimum Gasteiger partial charge on any atom is -0.454 e. The lowest BCUT2D eigenvalue weighted by atomic mass is 10.1. The lowest BCUT2D eigenvalue weighted by Gasteiger charge is -2.22. The number of fused-ring (bicyclic) bond motifs is 1. The second kappa shape index (κ2) is 6.28. The third kappa shape index (κ3) is 2.90. The zero-order chi connectivity index (χ0) is 17.5. The minimum absolute atomic E-state index is 0.0168. The molecule has 1 amide bonds. The van der Waals surface area contributed by atoms with Crippen LogP contribution in [0.3, 0.4) is 0 Å². The van der Waals surface area contributed by atoms with Crippen LogP contribution < -0.4 is 14.8 Å². The number of hydrogen-bond donors (Lipinski definition) is 1. The Kier molecular flexibility index (Phi) is 3.77. The Morgan fingerprint density at radius 3 is 3.08 bits per heavy atom. The highest BCUT2D eigenvalue weighted by molar-refractivity contribution is 5.90. The van der Waals surface area contributed by atoms with Gasteiger partial charge in [0.05, 0.1) is 6.04 Å². The van der Waals surface area contributed by atoms with Gasteiger partial charge in [-0.1, -0.05) is 17.3 Å². The minimum atomic E-state index is -0.251. The highest BCUT2D eigenvalue weighted by Crippen LogP contribution is 2.39. The maximum atomic E-state index is 12.1. The van der Waals surface area contributed by atoms with Gasteiger partial charge in [-0.15, -0.1) is 0 Å². The molecule has 1 unspecified atom stereocenters. The van der Waals surface area contributed by atoms with Gasteiger partial charge < -0.3 is 19.3 Å². The Balaban J connectivity index is 1.32. The first-order valence-corrected chi connectivity index (χ1v) is 9.04. The molecule has 1 atom stereocenters. The number of hydrogen-bond acceptors (Lipinski definition) is 7. The number of benzene rings is 1. The predicted molar refractivity (Wildman–Crippen MR) is 89.7 cm³/mol. The van der Waals surface area contributed by atoms with Crippen molar-refractivity contribution in [1.29, 1.82) is 0 Å². The topological polar surface area (TPSA) is 89.7 Å². The predicted octanol–water partition coefficient (Wildman–Crippen LogP) is 2.03. The summed E-state index contributed by atoms with van der Waals surface area (Å²) in [5, 5.41) is 6.76. The Morgan fingerprint density at radius 2 is 2.19 bits per heavy atom. The number of amides is 1. The molecule has 26 heavy (non-hydrogen) atoms. The van der Waals surface area contributed by atoms with E-state index in [1.807, 2.05) is 18.2 Å². The number of rotatable bonds is 5. The van der Waals surface area contributed by atoms with Gasteiger partial charge >= 0.3 is 0 Å². The summed E-state index contributed by atoms with van der Waals surface area (Å²) in [4.78, 5) is 18.7. The van der Waals surface area contributed by atoms with Crippen LogP contribution >= 0.6 is 0 Å². The van der Waals surface area contributed by atoms with E-state index in [2.05, 4.69) is 20.4 Å². The van der Waals surface area contributed by atoms with Crippen LogP contribution in [0.2, 0.25) is 0 Å². The van der Waals surface area contributed by atoms with Crippen molar-refractivity contribution in [2.24, 2.45) is 0 Å². The summed E-state index contributed by atoms with van der Waals surface area (Å²) in [6, 6.07) is 6.22. The second-order valence-corrected chi connectivity index (χ2v) is 6.98. The summed E-state index contributed by atoms with van der Waals surface area (Å²) in [6.07, 6.45) is 4.03. The fraction of sp³-hybridized carbons (Fsp3) is 0.500. The molecular weight excluding hydrogens is 336 g/mol. The van der Waals surface area contributed by atoms with Crippen LogP contribution in [0, 0.1) is 0 Å². The molecule has 8 nitrogen and oxygen atoms in total. The van der Waals surface area contributed by atoms with Gasteiger partial charge in [-0.05, 0) is 38.3 Å². The van der Waals surface area contributed by atoms with Crippen molar-refractivity contribution in [2.75, 3.05) is 13.3 Å². The molecule has 1 saturated carbocycles. The molecule has 136 valence electrons. The fourth-order valence-electron chi connectivity index (χ4n) is 3.57. The summed E-state index contributed by atoms with van der Waals surface area (Å²) in [6.45, 7) is 1.91. The van der Waals surface area contributed by atoms with E-state index in [0.29, 0.717) is 12.4 Å². The zero-order valence-electron chi connectivity index (χ0n) is 14.3. The number of nitrogens with zero attached hydrogens (tertiary/aromatic N) is 3. The van der Waals surface area contributed by atoms with Crippen molar-refractivity contribution >= 4 is 5.91 Å². The first-order valence-electron chi connectivity index (χ1n) is 9.04. The molecule has 1 aliphatic carbocycles. The Hall–Kier alpha value is -2.61. The summed E-state index contributed by atoms with van der Waals surface area (Å²) in [5.41, 5.74) is 1.08. The molecule has 2 fully saturated rings.